The van der Waals surface area contributed by atoms with Crippen LogP contribution >= 0.6 is 0 Å². The summed E-state index contributed by atoms with van der Waals surface area (Å²) in [6.07, 6.45) is 2.50. The van der Waals surface area contributed by atoms with Crippen LogP contribution in [0.15, 0.2) is 24.3 Å². The molecule has 0 atom stereocenters. The van der Waals surface area contributed by atoms with Gasteiger partial charge in [-0.1, -0.05) is 24.6 Å². The molecule has 0 aliphatic carbocycles. The quantitative estimate of drug-likeness (QED) is 0.754. The van der Waals surface area contributed by atoms with Crippen LogP contribution < -0.4 is 0 Å². The molecule has 2 rings (SSSR count). The van der Waals surface area contributed by atoms with Crippen LogP contribution in [0.4, 0.5) is 0 Å². The Morgan fingerprint density at radius 2 is 2.14 bits per heavy atom. The lowest BCUT2D eigenvalue weighted by atomic mass is 10.2. The Balaban J connectivity index is 1.99. The van der Waals surface area contributed by atoms with E-state index in [0.717, 1.165) is 18.2 Å². The van der Waals surface area contributed by atoms with Crippen molar-refractivity contribution in [1.29, 1.82) is 0 Å². The summed E-state index contributed by atoms with van der Waals surface area (Å²) in [5.74, 6) is 0.416. The van der Waals surface area contributed by atoms with E-state index >= 15 is 0 Å². The zero-order valence-electron chi connectivity index (χ0n) is 8.20. The molecule has 3 heteroatoms. The van der Waals surface area contributed by atoms with E-state index in [9.17, 15) is 5.11 Å². The summed E-state index contributed by atoms with van der Waals surface area (Å²) in [6.45, 7) is 0.919. The van der Waals surface area contributed by atoms with E-state index in [1.807, 2.05) is 18.2 Å². The van der Waals surface area contributed by atoms with Crippen molar-refractivity contribution in [2.75, 3.05) is 6.61 Å². The third-order valence-corrected chi connectivity index (χ3v) is 4.83. The fraction of sp³-hybridized carbons (Fsp3) is 0.455. The molecule has 1 radical (unpaired) electrons. The molecule has 75 valence electrons. The van der Waals surface area contributed by atoms with Gasteiger partial charge in [0.2, 0.25) is 9.04 Å². The van der Waals surface area contributed by atoms with Gasteiger partial charge >= 0.3 is 0 Å². The van der Waals surface area contributed by atoms with Gasteiger partial charge in [0.05, 0.1) is 0 Å². The van der Waals surface area contributed by atoms with E-state index in [1.165, 1.54) is 18.9 Å². The third kappa shape index (κ3) is 2.36. The van der Waals surface area contributed by atoms with Crippen molar-refractivity contribution in [2.45, 2.75) is 24.9 Å². The molecule has 1 N–H and O–H groups in total. The van der Waals surface area contributed by atoms with Crippen LogP contribution in [0, 0.1) is 0 Å². The average molecular weight is 207 g/mol. The van der Waals surface area contributed by atoms with Crippen LogP contribution in [0.3, 0.4) is 0 Å². The average Bonchev–Trinajstić information content (AvgIpc) is 2.23. The van der Waals surface area contributed by atoms with Gasteiger partial charge in [0, 0.05) is 6.61 Å². The van der Waals surface area contributed by atoms with Crippen LogP contribution in [0.1, 0.15) is 18.4 Å². The maximum absolute atomic E-state index is 9.60. The van der Waals surface area contributed by atoms with Gasteiger partial charge in [0.15, 0.2) is 0 Å². The fourth-order valence-corrected chi connectivity index (χ4v) is 3.95. The van der Waals surface area contributed by atoms with Crippen molar-refractivity contribution >= 4 is 9.04 Å². The molecule has 0 unspecified atom stereocenters. The fourth-order valence-electron chi connectivity index (χ4n) is 1.73. The number of benzene rings is 1. The summed E-state index contributed by atoms with van der Waals surface area (Å²) in [5.41, 5.74) is 1.04. The van der Waals surface area contributed by atoms with Crippen molar-refractivity contribution in [2.24, 2.45) is 0 Å². The smallest absolute Gasteiger partial charge is 0.216 e. The first kappa shape index (κ1) is 9.74. The molecular weight excluding hydrogens is 192 g/mol. The molecule has 1 aromatic carbocycles. The second kappa shape index (κ2) is 4.62. The van der Waals surface area contributed by atoms with Gasteiger partial charge in [-0.25, -0.2) is 0 Å². The first-order valence-corrected chi connectivity index (χ1v) is 6.93. The Labute approximate surface area is 86.3 Å². The van der Waals surface area contributed by atoms with Gasteiger partial charge < -0.3 is 9.53 Å². The molecule has 1 aromatic rings. The van der Waals surface area contributed by atoms with Crippen molar-refractivity contribution in [3.63, 3.8) is 0 Å². The molecule has 0 spiro atoms. The maximum atomic E-state index is 9.60. The van der Waals surface area contributed by atoms with Crippen LogP contribution in [0.5, 0.6) is 5.75 Å². The van der Waals surface area contributed by atoms with E-state index in [1.54, 1.807) is 6.07 Å². The number of phenolic OH excluding ortho intramolecular Hbond substituents is 1. The highest BCUT2D eigenvalue weighted by Gasteiger charge is 2.18. The second-order valence-corrected chi connectivity index (χ2v) is 5.87. The molecule has 1 fully saturated rings. The molecule has 1 heterocycles. The largest absolute Gasteiger partial charge is 0.508 e. The Kier molecular flexibility index (Phi) is 3.21. The molecule has 14 heavy (non-hydrogen) atoms. The van der Waals surface area contributed by atoms with Crippen molar-refractivity contribution < 1.29 is 9.53 Å². The number of aromatic hydroxyl groups is 1. The first-order chi connectivity index (χ1) is 6.86. The maximum Gasteiger partial charge on any atom is 0.216 e. The highest BCUT2D eigenvalue weighted by Crippen LogP contribution is 2.21. The van der Waals surface area contributed by atoms with Gasteiger partial charge in [-0.15, -0.1) is 0 Å². The minimum absolute atomic E-state index is 0.416. The molecule has 0 saturated carbocycles. The highest BCUT2D eigenvalue weighted by molar-refractivity contribution is 6.51. The Bertz CT molecular complexity index is 295. The number of phenols is 1. The van der Waals surface area contributed by atoms with E-state index in [-0.39, 0.29) is 0 Å². The molecule has 1 saturated heterocycles. The summed E-state index contributed by atoms with van der Waals surface area (Å²) in [6, 6.07) is 9.74. The standard InChI is InChI=1S/C11H15O2Si/c12-11-6-2-1-5-10(11)9-14-8-4-3-7-13-14/h1-2,5-6,12H,3-4,7-9H2. The predicted molar refractivity (Wildman–Crippen MR) is 57.6 cm³/mol. The van der Waals surface area contributed by atoms with Crippen LogP contribution in [-0.2, 0) is 10.5 Å². The van der Waals surface area contributed by atoms with Gasteiger partial charge in [-0.3, -0.25) is 0 Å². The summed E-state index contributed by atoms with van der Waals surface area (Å²) in [7, 11) is -0.683. The van der Waals surface area contributed by atoms with Gasteiger partial charge in [0.1, 0.15) is 5.75 Å². The van der Waals surface area contributed by atoms with Gasteiger partial charge in [0.25, 0.3) is 0 Å². The lowest BCUT2D eigenvalue weighted by molar-refractivity contribution is 0.286. The van der Waals surface area contributed by atoms with Crippen molar-refractivity contribution in [3.8, 4) is 5.75 Å². The highest BCUT2D eigenvalue weighted by atomic mass is 28.3. The van der Waals surface area contributed by atoms with Gasteiger partial charge in [-0.2, -0.15) is 0 Å². The predicted octanol–water partition coefficient (Wildman–Crippen LogP) is 2.28. The van der Waals surface area contributed by atoms with Crippen molar-refractivity contribution in [1.82, 2.24) is 0 Å². The lowest BCUT2D eigenvalue weighted by Gasteiger charge is -2.20. The monoisotopic (exact) mass is 207 g/mol. The van der Waals surface area contributed by atoms with E-state index in [4.69, 9.17) is 4.43 Å². The van der Waals surface area contributed by atoms with Crippen molar-refractivity contribution in [3.05, 3.63) is 29.8 Å². The van der Waals surface area contributed by atoms with Gasteiger partial charge in [-0.05, 0) is 30.1 Å². The Morgan fingerprint density at radius 3 is 2.86 bits per heavy atom. The van der Waals surface area contributed by atoms with Crippen LogP contribution in [0.25, 0.3) is 0 Å². The lowest BCUT2D eigenvalue weighted by Crippen LogP contribution is -2.26. The summed E-state index contributed by atoms with van der Waals surface area (Å²) < 4.78 is 5.73. The third-order valence-electron chi connectivity index (χ3n) is 2.54. The van der Waals surface area contributed by atoms with E-state index in [0.29, 0.717) is 5.75 Å². The Morgan fingerprint density at radius 1 is 1.29 bits per heavy atom. The zero-order chi connectivity index (χ0) is 9.80. The minimum atomic E-state index is -0.683. The summed E-state index contributed by atoms with van der Waals surface area (Å²) in [5, 5.41) is 9.60. The molecule has 2 nitrogen and oxygen atoms in total. The minimum Gasteiger partial charge on any atom is -0.508 e. The summed E-state index contributed by atoms with van der Waals surface area (Å²) in [4.78, 5) is 0. The molecule has 1 aliphatic heterocycles. The zero-order valence-corrected chi connectivity index (χ0v) is 9.20. The number of hydrogen-bond acceptors (Lipinski definition) is 2. The van der Waals surface area contributed by atoms with Crippen LogP contribution in [0.2, 0.25) is 6.04 Å². The number of hydrogen-bond donors (Lipinski definition) is 1. The first-order valence-electron chi connectivity index (χ1n) is 5.10. The SMILES string of the molecule is Oc1ccccc1C[Si]1CCCCO1. The van der Waals surface area contributed by atoms with E-state index < -0.39 is 9.04 Å². The van der Waals surface area contributed by atoms with Crippen LogP contribution in [-0.4, -0.2) is 20.8 Å². The normalized spacial score (nSPS) is 18.3. The molecular formula is C11H15O2Si. The Hall–Kier alpha value is -0.803. The molecule has 0 bridgehead atoms. The van der Waals surface area contributed by atoms with E-state index in [2.05, 4.69) is 0 Å². The molecule has 1 aliphatic rings. The number of para-hydroxylation sites is 1. The molecule has 0 aromatic heterocycles. The topological polar surface area (TPSA) is 29.5 Å². The second-order valence-electron chi connectivity index (χ2n) is 3.65. The summed E-state index contributed by atoms with van der Waals surface area (Å²) >= 11 is 0. The number of rotatable bonds is 2. The molecule has 0 amide bonds.